The van der Waals surface area contributed by atoms with Crippen molar-refractivity contribution in [1.29, 1.82) is 4.78 Å². The number of carbonyl (C=O) groups excluding carboxylic acids is 1. The molecule has 2 heterocycles. The van der Waals surface area contributed by atoms with Crippen molar-refractivity contribution in [2.45, 2.75) is 70.2 Å². The summed E-state index contributed by atoms with van der Waals surface area (Å²) in [5.74, 6) is 0.672. The Hall–Kier alpha value is -2.55. The summed E-state index contributed by atoms with van der Waals surface area (Å²) in [5, 5.41) is 7.20. The van der Waals surface area contributed by atoms with E-state index in [0.29, 0.717) is 24.9 Å². The molecule has 0 radical (unpaired) electrons. The average molecular weight is 444 g/mol. The fourth-order valence-corrected chi connectivity index (χ4v) is 6.13. The van der Waals surface area contributed by atoms with Crippen molar-refractivity contribution in [1.82, 2.24) is 14.5 Å². The molecule has 1 aromatic carbocycles. The second kappa shape index (κ2) is 6.98. The fourth-order valence-electron chi connectivity index (χ4n) is 5.10. The lowest BCUT2D eigenvalue weighted by Gasteiger charge is -2.30. The van der Waals surface area contributed by atoms with E-state index in [0.717, 1.165) is 37.8 Å². The van der Waals surface area contributed by atoms with Gasteiger partial charge in [-0.05, 0) is 60.3 Å². The van der Waals surface area contributed by atoms with Gasteiger partial charge < -0.3 is 10.1 Å². The molecule has 2 aliphatic carbocycles. The highest BCUT2D eigenvalue weighted by molar-refractivity contribution is 7.91. The van der Waals surface area contributed by atoms with Gasteiger partial charge in [0, 0.05) is 11.1 Å². The fraction of sp³-hybridized carbons (Fsp3) is 0.545. The summed E-state index contributed by atoms with van der Waals surface area (Å²) in [6, 6.07) is 1.67. The number of rotatable bonds is 3. The third-order valence-corrected chi connectivity index (χ3v) is 7.96. The van der Waals surface area contributed by atoms with Gasteiger partial charge in [-0.3, -0.25) is 0 Å². The van der Waals surface area contributed by atoms with Crippen LogP contribution in [0.3, 0.4) is 0 Å². The Morgan fingerprint density at radius 1 is 1.32 bits per heavy atom. The number of urea groups is 1. The minimum absolute atomic E-state index is 0.102. The molecular weight excluding hydrogens is 414 g/mol. The van der Waals surface area contributed by atoms with Crippen LogP contribution >= 0.6 is 0 Å². The summed E-state index contributed by atoms with van der Waals surface area (Å²) < 4.78 is 31.3. The van der Waals surface area contributed by atoms with Crippen molar-refractivity contribution in [3.8, 4) is 5.88 Å². The van der Waals surface area contributed by atoms with Crippen LogP contribution in [-0.4, -0.2) is 26.6 Å². The monoisotopic (exact) mass is 443 g/mol. The summed E-state index contributed by atoms with van der Waals surface area (Å²) in [5.41, 5.74) is 5.74. The number of benzene rings is 1. The molecule has 0 saturated carbocycles. The zero-order chi connectivity index (χ0) is 22.0. The number of amides is 2. The summed E-state index contributed by atoms with van der Waals surface area (Å²) in [4.78, 5) is 13.0. The zero-order valence-electron chi connectivity index (χ0n) is 18.2. The largest absolute Gasteiger partial charge is 0.476 e. The Morgan fingerprint density at radius 3 is 2.94 bits per heavy atom. The molecule has 1 aromatic heterocycles. The van der Waals surface area contributed by atoms with Gasteiger partial charge in [0.2, 0.25) is 5.88 Å². The molecule has 0 bridgehead atoms. The first kappa shape index (κ1) is 20.4. The van der Waals surface area contributed by atoms with E-state index >= 15 is 0 Å². The van der Waals surface area contributed by atoms with Crippen molar-refractivity contribution in [2.24, 2.45) is 5.41 Å². The first-order valence-corrected chi connectivity index (χ1v) is 12.4. The lowest BCUT2D eigenvalue weighted by Crippen LogP contribution is -2.36. The quantitative estimate of drug-likeness (QED) is 0.666. The van der Waals surface area contributed by atoms with E-state index in [2.05, 4.69) is 42.0 Å². The van der Waals surface area contributed by atoms with E-state index in [-0.39, 0.29) is 10.3 Å². The maximum Gasteiger partial charge on any atom is 0.331 e. The number of nitrogens with one attached hydrogen (secondary N) is 3. The number of carbonyl (C=O) groups is 1. The smallest absolute Gasteiger partial charge is 0.331 e. The number of hydrogen-bond donors (Lipinski definition) is 3. The van der Waals surface area contributed by atoms with Gasteiger partial charge in [0.1, 0.15) is 4.90 Å². The number of hydrogen-bond acceptors (Lipinski definition) is 5. The molecule has 0 spiro atoms. The molecule has 0 saturated heterocycles. The minimum Gasteiger partial charge on any atom is -0.476 e. The molecular formula is C22H29N5O3S. The van der Waals surface area contributed by atoms with E-state index in [1.54, 1.807) is 4.68 Å². The zero-order valence-corrected chi connectivity index (χ0v) is 19.0. The van der Waals surface area contributed by atoms with Gasteiger partial charge >= 0.3 is 6.03 Å². The van der Waals surface area contributed by atoms with Crippen molar-refractivity contribution in [2.75, 3.05) is 11.9 Å². The number of ether oxygens (including phenoxy) is 1. The first-order valence-electron chi connectivity index (χ1n) is 10.9. The van der Waals surface area contributed by atoms with Crippen molar-refractivity contribution in [3.05, 3.63) is 34.5 Å². The number of fused-ring (bicyclic) bond motifs is 3. The molecule has 3 aliphatic rings. The molecule has 2 amide bonds. The number of aromatic nitrogens is 2. The predicted octanol–water partition coefficient (Wildman–Crippen LogP) is 3.98. The van der Waals surface area contributed by atoms with Gasteiger partial charge in [-0.25, -0.2) is 23.2 Å². The van der Waals surface area contributed by atoms with Crippen LogP contribution in [0.4, 0.5) is 10.5 Å². The van der Waals surface area contributed by atoms with Crippen LogP contribution < -0.4 is 14.8 Å². The molecule has 3 N–H and O–H groups in total. The number of nitrogens with zero attached hydrogens (tertiary/aromatic N) is 2. The Kier molecular flexibility index (Phi) is 4.58. The Morgan fingerprint density at radius 2 is 2.13 bits per heavy atom. The van der Waals surface area contributed by atoms with Gasteiger partial charge in [0.15, 0.2) is 9.92 Å². The Labute approximate surface area is 182 Å². The van der Waals surface area contributed by atoms with Crippen LogP contribution in [0.15, 0.2) is 17.2 Å². The van der Waals surface area contributed by atoms with Crippen LogP contribution in [0.1, 0.15) is 61.8 Å². The molecule has 31 heavy (non-hydrogen) atoms. The number of aryl methyl sites for hydroxylation is 2. The van der Waals surface area contributed by atoms with Crippen LogP contribution in [0, 0.1) is 10.2 Å². The molecule has 166 valence electrons. The molecule has 5 rings (SSSR count). The Balaban J connectivity index is 1.41. The van der Waals surface area contributed by atoms with Gasteiger partial charge in [-0.2, -0.15) is 5.10 Å². The standard InChI is InChI=1S/C22H29N5O3S/c1-13-7-8-15-9-14-5-4-6-16(14)19(18(13)15)25-21(28)26-31(23,29)17-10-24-27-11-22(2,3)12-30-20(17)27/h9-10,13H,4-8,11-12H2,1-3H3,(H3,23,25,26,28,29)/t13-,31?/m1/s1. The minimum atomic E-state index is -3.63. The van der Waals surface area contributed by atoms with E-state index in [9.17, 15) is 9.00 Å². The van der Waals surface area contributed by atoms with Gasteiger partial charge in [0.05, 0.1) is 19.3 Å². The predicted molar refractivity (Wildman–Crippen MR) is 118 cm³/mol. The summed E-state index contributed by atoms with van der Waals surface area (Å²) in [6.45, 7) is 7.33. The average Bonchev–Trinajstić information content (AvgIpc) is 3.38. The lowest BCUT2D eigenvalue weighted by atomic mass is 9.94. The van der Waals surface area contributed by atoms with Gasteiger partial charge in [-0.15, -0.1) is 0 Å². The van der Waals surface area contributed by atoms with E-state index in [1.807, 2.05) is 0 Å². The topological polar surface area (TPSA) is 109 Å². The second-order valence-corrected chi connectivity index (χ2v) is 11.5. The normalized spacial score (nSPS) is 22.6. The van der Waals surface area contributed by atoms with Crippen LogP contribution in [0.5, 0.6) is 5.88 Å². The number of anilines is 1. The molecule has 9 heteroatoms. The highest BCUT2D eigenvalue weighted by Crippen LogP contribution is 2.44. The molecule has 2 aromatic rings. The highest BCUT2D eigenvalue weighted by Gasteiger charge is 2.33. The van der Waals surface area contributed by atoms with Gasteiger partial charge in [-0.1, -0.05) is 26.8 Å². The van der Waals surface area contributed by atoms with Crippen LogP contribution in [-0.2, 0) is 35.7 Å². The maximum absolute atomic E-state index is 13.2. The van der Waals surface area contributed by atoms with E-state index in [4.69, 9.17) is 9.52 Å². The van der Waals surface area contributed by atoms with Crippen LogP contribution in [0.2, 0.25) is 0 Å². The van der Waals surface area contributed by atoms with Crippen molar-refractivity contribution in [3.63, 3.8) is 0 Å². The molecule has 8 nitrogen and oxygen atoms in total. The molecule has 1 aliphatic heterocycles. The van der Waals surface area contributed by atoms with Crippen LogP contribution in [0.25, 0.3) is 0 Å². The first-order chi connectivity index (χ1) is 14.6. The highest BCUT2D eigenvalue weighted by atomic mass is 32.2. The summed E-state index contributed by atoms with van der Waals surface area (Å²) >= 11 is 0. The molecule has 0 fully saturated rings. The van der Waals surface area contributed by atoms with Gasteiger partial charge in [0.25, 0.3) is 0 Å². The maximum atomic E-state index is 13.2. The summed E-state index contributed by atoms with van der Waals surface area (Å²) in [6.07, 6.45) is 6.49. The van der Waals surface area contributed by atoms with E-state index in [1.165, 1.54) is 28.5 Å². The Bertz CT molecular complexity index is 1180. The third kappa shape index (κ3) is 3.48. The summed E-state index contributed by atoms with van der Waals surface area (Å²) in [7, 11) is -3.63. The lowest BCUT2D eigenvalue weighted by molar-refractivity contribution is 0.0971. The third-order valence-electron chi connectivity index (χ3n) is 6.59. The van der Waals surface area contributed by atoms with Crippen molar-refractivity contribution < 1.29 is 13.7 Å². The molecule has 1 unspecified atom stereocenters. The van der Waals surface area contributed by atoms with Crippen molar-refractivity contribution >= 4 is 21.6 Å². The molecule has 2 atom stereocenters. The second-order valence-electron chi connectivity index (χ2n) is 9.79. The SMILES string of the molecule is C[C@@H]1CCc2cc3c(c(NC(=O)NS(=N)(=O)c4cnn5c4OCC(C)(C)C5)c21)CCC3. The van der Waals surface area contributed by atoms with E-state index < -0.39 is 15.9 Å².